The van der Waals surface area contributed by atoms with E-state index in [2.05, 4.69) is 204 Å². The third-order valence-electron chi connectivity index (χ3n) is 11.2. The van der Waals surface area contributed by atoms with Crippen LogP contribution in [-0.4, -0.2) is 0 Å². The topological polar surface area (TPSA) is 34.6 Å². The number of aryl methyl sites for hydroxylation is 2. The predicted molar refractivity (Wildman–Crippen MR) is 262 cm³/mol. The molecule has 0 radical (unpaired) electrons. The van der Waals surface area contributed by atoms with Crippen molar-refractivity contribution in [2.24, 2.45) is 0 Å². The summed E-state index contributed by atoms with van der Waals surface area (Å²) in [6.07, 6.45) is 8.30. The summed E-state index contributed by atoms with van der Waals surface area (Å²) in [5.41, 5.74) is 14.1. The number of hydrogen-bond donors (Lipinski definition) is 0. The Labute approximate surface area is 363 Å². The average Bonchev–Trinajstić information content (AvgIpc) is 3.32. The van der Waals surface area contributed by atoms with Gasteiger partial charge in [0.2, 0.25) is 5.69 Å². The number of hydrogen-bond acceptors (Lipinski definition) is 3. The fourth-order valence-corrected chi connectivity index (χ4v) is 7.98. The van der Waals surface area contributed by atoms with Crippen molar-refractivity contribution >= 4 is 85.7 Å². The van der Waals surface area contributed by atoms with Gasteiger partial charge in [0.1, 0.15) is 6.07 Å². The van der Waals surface area contributed by atoms with E-state index in [4.69, 9.17) is 6.57 Å². The van der Waals surface area contributed by atoms with E-state index in [1.54, 1.807) is 0 Å². The second kappa shape index (κ2) is 17.4. The van der Waals surface area contributed by atoms with E-state index in [0.29, 0.717) is 11.3 Å². The first kappa shape index (κ1) is 39.0. The van der Waals surface area contributed by atoms with Crippen LogP contribution in [0.1, 0.15) is 38.9 Å². The van der Waals surface area contributed by atoms with Gasteiger partial charge in [-0.25, -0.2) is 4.85 Å². The van der Waals surface area contributed by atoms with Crippen LogP contribution < -0.4 is 9.80 Å². The number of para-hydroxylation sites is 2. The van der Waals surface area contributed by atoms with Gasteiger partial charge in [0.05, 0.1) is 12.1 Å². The highest BCUT2D eigenvalue weighted by atomic mass is 15.1. The molecule has 4 heteroatoms. The van der Waals surface area contributed by atoms with Crippen LogP contribution in [0, 0.1) is 31.8 Å². The zero-order chi connectivity index (χ0) is 42.4. The lowest BCUT2D eigenvalue weighted by Crippen LogP contribution is -2.09. The first-order chi connectivity index (χ1) is 30.4. The van der Waals surface area contributed by atoms with Crippen LogP contribution in [0.25, 0.3) is 50.7 Å². The standard InChI is InChI=1S/C58H42N4/c1-41-14-28-49(29-15-41)61(47-10-6-4-7-11-47)51-32-22-43(23-33-51)18-20-45-27-37-54-55(38-45)57(40-59)53-36-26-46(39-56(53)58(54)60-3)21-19-44-24-34-52(35-25-44)62(48-12-8-5-9-13-48)50-30-16-42(2)17-31-50/h4-39H,1-2H3/b20-18+,21-19+. The van der Waals surface area contributed by atoms with E-state index in [1.165, 1.54) is 11.1 Å². The van der Waals surface area contributed by atoms with E-state index < -0.39 is 0 Å². The lowest BCUT2D eigenvalue weighted by Gasteiger charge is -2.25. The summed E-state index contributed by atoms with van der Waals surface area (Å²) < 4.78 is 0. The highest BCUT2D eigenvalue weighted by Crippen LogP contribution is 2.40. The van der Waals surface area contributed by atoms with Crippen molar-refractivity contribution in [3.8, 4) is 6.07 Å². The molecule has 0 aliphatic carbocycles. The van der Waals surface area contributed by atoms with Gasteiger partial charge in [-0.3, -0.25) is 0 Å². The number of benzene rings is 9. The van der Waals surface area contributed by atoms with Gasteiger partial charge in [-0.15, -0.1) is 0 Å². The number of nitrogens with zero attached hydrogens (tertiary/aromatic N) is 4. The van der Waals surface area contributed by atoms with Crippen LogP contribution in [0.5, 0.6) is 0 Å². The second-order valence-electron chi connectivity index (χ2n) is 15.4. The summed E-state index contributed by atoms with van der Waals surface area (Å²) in [5, 5.41) is 13.6. The summed E-state index contributed by atoms with van der Waals surface area (Å²) in [7, 11) is 0. The Balaban J connectivity index is 0.972. The van der Waals surface area contributed by atoms with Crippen molar-refractivity contribution in [3.63, 3.8) is 0 Å². The summed E-state index contributed by atoms with van der Waals surface area (Å²) in [5.74, 6) is 0. The molecule has 62 heavy (non-hydrogen) atoms. The zero-order valence-corrected chi connectivity index (χ0v) is 34.6. The first-order valence-electron chi connectivity index (χ1n) is 20.7. The van der Waals surface area contributed by atoms with E-state index >= 15 is 0 Å². The van der Waals surface area contributed by atoms with E-state index in [1.807, 2.05) is 48.5 Å². The molecule has 9 aromatic carbocycles. The molecule has 294 valence electrons. The second-order valence-corrected chi connectivity index (χ2v) is 15.4. The molecule has 0 unspecified atom stereocenters. The van der Waals surface area contributed by atoms with Crippen molar-refractivity contribution in [1.29, 1.82) is 5.26 Å². The van der Waals surface area contributed by atoms with Crippen molar-refractivity contribution < 1.29 is 0 Å². The van der Waals surface area contributed by atoms with Crippen LogP contribution in [-0.2, 0) is 0 Å². The van der Waals surface area contributed by atoms with Gasteiger partial charge in [0.25, 0.3) is 0 Å². The predicted octanol–water partition coefficient (Wildman–Crippen LogP) is 16.3. The number of fused-ring (bicyclic) bond motifs is 2. The molecular weight excluding hydrogens is 753 g/mol. The van der Waals surface area contributed by atoms with Crippen molar-refractivity contribution in [1.82, 2.24) is 0 Å². The Morgan fingerprint density at radius 1 is 0.403 bits per heavy atom. The summed E-state index contributed by atoms with van der Waals surface area (Å²) in [6, 6.07) is 69.5. The molecule has 9 rings (SSSR count). The van der Waals surface area contributed by atoms with Crippen LogP contribution in [0.4, 0.5) is 39.8 Å². The molecule has 0 amide bonds. The summed E-state index contributed by atoms with van der Waals surface area (Å²) in [6.45, 7) is 12.4. The van der Waals surface area contributed by atoms with Crippen LogP contribution in [0.3, 0.4) is 0 Å². The monoisotopic (exact) mass is 794 g/mol. The van der Waals surface area contributed by atoms with Crippen LogP contribution in [0.15, 0.2) is 194 Å². The lowest BCUT2D eigenvalue weighted by atomic mass is 9.93. The maximum Gasteiger partial charge on any atom is 0.202 e. The van der Waals surface area contributed by atoms with Crippen molar-refractivity contribution in [3.05, 3.63) is 244 Å². The molecule has 0 aromatic heterocycles. The fourth-order valence-electron chi connectivity index (χ4n) is 7.98. The Kier molecular flexibility index (Phi) is 11.0. The Morgan fingerprint density at radius 2 is 0.758 bits per heavy atom. The fraction of sp³-hybridized carbons (Fsp3) is 0.0345. The molecule has 4 nitrogen and oxygen atoms in total. The highest BCUT2D eigenvalue weighted by Gasteiger charge is 2.16. The third kappa shape index (κ3) is 8.10. The largest absolute Gasteiger partial charge is 0.311 e. The molecule has 0 fully saturated rings. The van der Waals surface area contributed by atoms with E-state index in [0.717, 1.165) is 77.9 Å². The molecule has 0 atom stereocenters. The zero-order valence-electron chi connectivity index (χ0n) is 34.6. The minimum Gasteiger partial charge on any atom is -0.311 e. The quantitative estimate of drug-likeness (QED) is 0.0786. The third-order valence-corrected chi connectivity index (χ3v) is 11.2. The summed E-state index contributed by atoms with van der Waals surface area (Å²) >= 11 is 0. The van der Waals surface area contributed by atoms with Crippen molar-refractivity contribution in [2.45, 2.75) is 13.8 Å². The lowest BCUT2D eigenvalue weighted by molar-refractivity contribution is 1.27. The van der Waals surface area contributed by atoms with E-state index in [9.17, 15) is 5.26 Å². The minimum atomic E-state index is 0.549. The molecule has 9 aromatic rings. The molecule has 0 saturated carbocycles. The highest BCUT2D eigenvalue weighted by molar-refractivity contribution is 6.16. The van der Waals surface area contributed by atoms with Crippen LogP contribution in [0.2, 0.25) is 0 Å². The normalized spacial score (nSPS) is 11.2. The van der Waals surface area contributed by atoms with Gasteiger partial charge in [0.15, 0.2) is 0 Å². The van der Waals surface area contributed by atoms with Gasteiger partial charge in [-0.05, 0) is 137 Å². The smallest absolute Gasteiger partial charge is 0.202 e. The van der Waals surface area contributed by atoms with Gasteiger partial charge in [-0.2, -0.15) is 5.26 Å². The van der Waals surface area contributed by atoms with Gasteiger partial charge in [-0.1, -0.05) is 151 Å². The Hall–Kier alpha value is -8.44. The molecular formula is C58H42N4. The number of rotatable bonds is 10. The molecule has 0 saturated heterocycles. The molecule has 0 aliphatic rings. The van der Waals surface area contributed by atoms with Crippen LogP contribution >= 0.6 is 0 Å². The summed E-state index contributed by atoms with van der Waals surface area (Å²) in [4.78, 5) is 8.53. The molecule has 0 heterocycles. The van der Waals surface area contributed by atoms with E-state index in [-0.39, 0.29) is 0 Å². The maximum absolute atomic E-state index is 10.5. The first-order valence-corrected chi connectivity index (χ1v) is 20.7. The molecule has 0 N–H and O–H groups in total. The Bertz CT molecular complexity index is 2950. The molecule has 0 aliphatic heterocycles. The SMILES string of the molecule is [C-]#[N+]c1c2ccc(/C=C/c3ccc(N(c4ccccc4)c4ccc(C)cc4)cc3)cc2c(C#N)c2ccc(/C=C/c3ccc(N(c4ccccc4)c4ccc(C)cc4)cc3)cc12. The van der Waals surface area contributed by atoms with Crippen molar-refractivity contribution in [2.75, 3.05) is 9.80 Å². The van der Waals surface area contributed by atoms with Gasteiger partial charge >= 0.3 is 0 Å². The number of nitriles is 1. The Morgan fingerprint density at radius 3 is 1.18 bits per heavy atom. The average molecular weight is 795 g/mol. The number of anilines is 6. The molecule has 0 spiro atoms. The van der Waals surface area contributed by atoms with Gasteiger partial charge < -0.3 is 9.80 Å². The molecule has 0 bridgehead atoms. The van der Waals surface area contributed by atoms with Gasteiger partial charge in [0, 0.05) is 34.1 Å². The maximum atomic E-state index is 10.5. The minimum absolute atomic E-state index is 0.549.